The zero-order valence-corrected chi connectivity index (χ0v) is 9.38. The summed E-state index contributed by atoms with van der Waals surface area (Å²) in [4.78, 5) is 28.7. The Kier molecular flexibility index (Phi) is 6.74. The molecular weight excluding hydrogens is 212 g/mol. The summed E-state index contributed by atoms with van der Waals surface area (Å²) < 4.78 is 0. The maximum Gasteiger partial charge on any atom is 0.349 e. The van der Waals surface area contributed by atoms with Crippen LogP contribution in [0.4, 0.5) is 0 Å². The molecule has 0 saturated heterocycles. The topological polar surface area (TPSA) is 99.3 Å². The first kappa shape index (κ1) is 14.3. The second-order valence-electron chi connectivity index (χ2n) is 3.04. The van der Waals surface area contributed by atoms with Gasteiger partial charge in [0.05, 0.1) is 6.54 Å². The Hall–Kier alpha value is -1.72. The summed E-state index contributed by atoms with van der Waals surface area (Å²) >= 11 is 0. The van der Waals surface area contributed by atoms with Crippen molar-refractivity contribution in [1.29, 1.82) is 0 Å². The average molecular weight is 228 g/mol. The third kappa shape index (κ3) is 5.23. The van der Waals surface area contributed by atoms with Crippen LogP contribution in [-0.4, -0.2) is 46.7 Å². The van der Waals surface area contributed by atoms with Crippen molar-refractivity contribution >= 4 is 23.9 Å². The van der Waals surface area contributed by atoms with Crippen molar-refractivity contribution in [2.45, 2.75) is 32.7 Å². The third-order valence-electron chi connectivity index (χ3n) is 1.90. The standard InChI is InChI=1S/C10H16N2O4/c1-3-7(9(13)14)11-5-6-12-8(4-2)10(15)16/h5,7H,3-4,6H2,1-2H3,(H,13,14)(H,15,16). The summed E-state index contributed by atoms with van der Waals surface area (Å²) in [5.74, 6) is -2.04. The van der Waals surface area contributed by atoms with Crippen molar-refractivity contribution in [3.05, 3.63) is 0 Å². The van der Waals surface area contributed by atoms with E-state index in [0.29, 0.717) is 12.8 Å². The summed E-state index contributed by atoms with van der Waals surface area (Å²) in [5.41, 5.74) is 0.0647. The monoisotopic (exact) mass is 228 g/mol. The van der Waals surface area contributed by atoms with Crippen LogP contribution in [0, 0.1) is 0 Å². The smallest absolute Gasteiger partial charge is 0.349 e. The van der Waals surface area contributed by atoms with Gasteiger partial charge in [-0.25, -0.2) is 9.59 Å². The van der Waals surface area contributed by atoms with Crippen molar-refractivity contribution in [2.24, 2.45) is 9.98 Å². The van der Waals surface area contributed by atoms with Crippen LogP contribution in [0.3, 0.4) is 0 Å². The van der Waals surface area contributed by atoms with Crippen LogP contribution in [0.2, 0.25) is 0 Å². The summed E-state index contributed by atoms with van der Waals surface area (Å²) in [7, 11) is 0. The van der Waals surface area contributed by atoms with Gasteiger partial charge in [0.1, 0.15) is 11.8 Å². The van der Waals surface area contributed by atoms with Crippen molar-refractivity contribution < 1.29 is 19.8 Å². The van der Waals surface area contributed by atoms with E-state index < -0.39 is 18.0 Å². The molecule has 0 aromatic heterocycles. The molecule has 16 heavy (non-hydrogen) atoms. The number of hydrogen-bond donors (Lipinski definition) is 2. The fraction of sp³-hybridized carbons (Fsp3) is 0.600. The second-order valence-corrected chi connectivity index (χ2v) is 3.04. The summed E-state index contributed by atoms with van der Waals surface area (Å²) in [6.07, 6.45) is 2.06. The summed E-state index contributed by atoms with van der Waals surface area (Å²) in [6.45, 7) is 3.50. The molecule has 6 heteroatoms. The fourth-order valence-corrected chi connectivity index (χ4v) is 1.000. The zero-order valence-electron chi connectivity index (χ0n) is 9.38. The molecule has 0 rings (SSSR count). The van der Waals surface area contributed by atoms with E-state index in [1.165, 1.54) is 6.21 Å². The van der Waals surface area contributed by atoms with Crippen LogP contribution in [0.5, 0.6) is 0 Å². The molecule has 0 bridgehead atoms. The highest BCUT2D eigenvalue weighted by Crippen LogP contribution is 1.96. The molecule has 1 unspecified atom stereocenters. The fourth-order valence-electron chi connectivity index (χ4n) is 1.000. The number of rotatable bonds is 7. The molecule has 2 N–H and O–H groups in total. The molecule has 0 aliphatic carbocycles. The van der Waals surface area contributed by atoms with E-state index in [2.05, 4.69) is 9.98 Å². The molecule has 90 valence electrons. The lowest BCUT2D eigenvalue weighted by Crippen LogP contribution is -2.17. The SMILES string of the molecule is CCC(=NCC=NC(CC)C(=O)O)C(=O)O. The van der Waals surface area contributed by atoms with Crippen LogP contribution in [0.15, 0.2) is 9.98 Å². The van der Waals surface area contributed by atoms with Crippen LogP contribution in [0.25, 0.3) is 0 Å². The molecule has 0 saturated carbocycles. The summed E-state index contributed by atoms with van der Waals surface area (Å²) in [5, 5.41) is 17.3. The van der Waals surface area contributed by atoms with E-state index in [1.54, 1.807) is 13.8 Å². The van der Waals surface area contributed by atoms with Gasteiger partial charge in [0.2, 0.25) is 0 Å². The van der Waals surface area contributed by atoms with Crippen LogP contribution in [0.1, 0.15) is 26.7 Å². The summed E-state index contributed by atoms with van der Waals surface area (Å²) in [6, 6.07) is -0.773. The zero-order chi connectivity index (χ0) is 12.6. The predicted octanol–water partition coefficient (Wildman–Crippen LogP) is 0.856. The van der Waals surface area contributed by atoms with Gasteiger partial charge in [0, 0.05) is 6.21 Å². The Bertz CT molecular complexity index is 310. The maximum absolute atomic E-state index is 10.6. The van der Waals surface area contributed by atoms with Crippen molar-refractivity contribution in [2.75, 3.05) is 6.54 Å². The number of carboxylic acids is 2. The van der Waals surface area contributed by atoms with Gasteiger partial charge in [-0.05, 0) is 12.8 Å². The normalized spacial score (nSPS) is 14.0. The first-order valence-electron chi connectivity index (χ1n) is 5.03. The highest BCUT2D eigenvalue weighted by molar-refractivity contribution is 6.35. The largest absolute Gasteiger partial charge is 0.480 e. The van der Waals surface area contributed by atoms with Gasteiger partial charge in [0.15, 0.2) is 0 Å². The van der Waals surface area contributed by atoms with Gasteiger partial charge in [-0.15, -0.1) is 0 Å². The average Bonchev–Trinajstić information content (AvgIpc) is 2.22. The first-order valence-corrected chi connectivity index (χ1v) is 5.03. The quantitative estimate of drug-likeness (QED) is 0.631. The minimum Gasteiger partial charge on any atom is -0.480 e. The Morgan fingerprint density at radius 2 is 1.94 bits per heavy atom. The van der Waals surface area contributed by atoms with Gasteiger partial charge >= 0.3 is 11.9 Å². The molecule has 0 aliphatic heterocycles. The first-order chi connectivity index (χ1) is 7.52. The Labute approximate surface area is 93.7 Å². The number of aliphatic carboxylic acids is 2. The van der Waals surface area contributed by atoms with E-state index in [9.17, 15) is 9.59 Å². The van der Waals surface area contributed by atoms with Crippen molar-refractivity contribution in [1.82, 2.24) is 0 Å². The minimum atomic E-state index is -1.05. The van der Waals surface area contributed by atoms with Crippen molar-refractivity contribution in [3.63, 3.8) is 0 Å². The molecule has 0 aliphatic rings. The van der Waals surface area contributed by atoms with E-state index in [-0.39, 0.29) is 12.3 Å². The number of nitrogens with zero attached hydrogens (tertiary/aromatic N) is 2. The number of hydrogen-bond acceptors (Lipinski definition) is 4. The predicted molar refractivity (Wildman–Crippen MR) is 60.4 cm³/mol. The molecule has 1 atom stereocenters. The maximum atomic E-state index is 10.6. The van der Waals surface area contributed by atoms with Gasteiger partial charge in [-0.1, -0.05) is 13.8 Å². The van der Waals surface area contributed by atoms with Crippen LogP contribution >= 0.6 is 0 Å². The molecule has 0 amide bonds. The third-order valence-corrected chi connectivity index (χ3v) is 1.90. The Morgan fingerprint density at radius 1 is 1.31 bits per heavy atom. The molecule has 0 heterocycles. The molecule has 0 spiro atoms. The molecular formula is C10H16N2O4. The van der Waals surface area contributed by atoms with Crippen LogP contribution in [-0.2, 0) is 9.59 Å². The number of aliphatic imine (C=N–C) groups is 2. The van der Waals surface area contributed by atoms with E-state index >= 15 is 0 Å². The van der Waals surface area contributed by atoms with E-state index in [4.69, 9.17) is 10.2 Å². The lowest BCUT2D eigenvalue weighted by molar-refractivity contribution is -0.138. The van der Waals surface area contributed by atoms with Gasteiger partial charge in [-0.2, -0.15) is 0 Å². The van der Waals surface area contributed by atoms with Crippen LogP contribution < -0.4 is 0 Å². The lowest BCUT2D eigenvalue weighted by atomic mass is 10.2. The van der Waals surface area contributed by atoms with Gasteiger partial charge in [0.25, 0.3) is 0 Å². The number of carbonyl (C=O) groups is 2. The molecule has 6 nitrogen and oxygen atoms in total. The Morgan fingerprint density at radius 3 is 2.31 bits per heavy atom. The van der Waals surface area contributed by atoms with Gasteiger partial charge < -0.3 is 10.2 Å². The molecule has 0 aromatic carbocycles. The Balaban J connectivity index is 4.28. The molecule has 0 radical (unpaired) electrons. The van der Waals surface area contributed by atoms with Crippen molar-refractivity contribution in [3.8, 4) is 0 Å². The molecule has 0 fully saturated rings. The van der Waals surface area contributed by atoms with E-state index in [0.717, 1.165) is 0 Å². The van der Waals surface area contributed by atoms with Gasteiger partial charge in [-0.3, -0.25) is 9.98 Å². The second kappa shape index (κ2) is 7.56. The number of carboxylic acid groups (broad SMARTS) is 2. The van der Waals surface area contributed by atoms with E-state index in [1.807, 2.05) is 0 Å². The highest BCUT2D eigenvalue weighted by atomic mass is 16.4. The minimum absolute atomic E-state index is 0.0647. The highest BCUT2D eigenvalue weighted by Gasteiger charge is 2.11. The lowest BCUT2D eigenvalue weighted by Gasteiger charge is -2.01. The molecule has 0 aromatic rings.